The predicted octanol–water partition coefficient (Wildman–Crippen LogP) is 2.63. The molecule has 4 aromatic rings. The second-order valence-corrected chi connectivity index (χ2v) is 6.98. The van der Waals surface area contributed by atoms with E-state index in [0.717, 1.165) is 4.57 Å². The Bertz CT molecular complexity index is 1350. The number of furan rings is 1. The van der Waals surface area contributed by atoms with E-state index < -0.39 is 17.3 Å². The number of methoxy groups -OCH3 is 1. The molecule has 1 N–H and O–H groups in total. The summed E-state index contributed by atoms with van der Waals surface area (Å²) in [5.74, 6) is 0.728. The summed E-state index contributed by atoms with van der Waals surface area (Å²) in [4.78, 5) is 39.5. The third kappa shape index (κ3) is 3.75. The number of hydrogen-bond acceptors (Lipinski definition) is 5. The summed E-state index contributed by atoms with van der Waals surface area (Å²) in [5.41, 5.74) is -0.333. The van der Waals surface area contributed by atoms with Crippen LogP contribution in [0.25, 0.3) is 16.6 Å². The van der Waals surface area contributed by atoms with Gasteiger partial charge in [-0.15, -0.1) is 0 Å². The number of carbonyl (C=O) groups is 1. The fourth-order valence-corrected chi connectivity index (χ4v) is 3.49. The van der Waals surface area contributed by atoms with E-state index in [1.54, 1.807) is 67.6 Å². The highest BCUT2D eigenvalue weighted by molar-refractivity contribution is 5.84. The monoisotopic (exact) mass is 419 g/mol. The highest BCUT2D eigenvalue weighted by Crippen LogP contribution is 2.18. The molecule has 0 aliphatic heterocycles. The molecule has 0 bridgehead atoms. The number of fused-ring (bicyclic) bond motifs is 1. The van der Waals surface area contributed by atoms with Crippen LogP contribution in [0.5, 0.6) is 5.75 Å². The molecule has 0 radical (unpaired) electrons. The lowest BCUT2D eigenvalue weighted by atomic mass is 10.2. The summed E-state index contributed by atoms with van der Waals surface area (Å²) >= 11 is 0. The van der Waals surface area contributed by atoms with E-state index >= 15 is 0 Å². The van der Waals surface area contributed by atoms with Gasteiger partial charge >= 0.3 is 5.69 Å². The molecule has 4 rings (SSSR count). The van der Waals surface area contributed by atoms with Crippen molar-refractivity contribution in [2.75, 3.05) is 7.11 Å². The zero-order chi connectivity index (χ0) is 22.0. The van der Waals surface area contributed by atoms with Gasteiger partial charge in [0.1, 0.15) is 17.6 Å². The molecule has 8 heteroatoms. The number of rotatable bonds is 6. The Balaban J connectivity index is 1.85. The average molecular weight is 419 g/mol. The molecule has 2 aromatic heterocycles. The summed E-state index contributed by atoms with van der Waals surface area (Å²) in [6, 6.07) is 16.0. The molecule has 158 valence electrons. The Morgan fingerprint density at radius 1 is 1.10 bits per heavy atom. The highest BCUT2D eigenvalue weighted by atomic mass is 16.5. The van der Waals surface area contributed by atoms with Crippen LogP contribution in [0.4, 0.5) is 0 Å². The predicted molar refractivity (Wildman–Crippen MR) is 116 cm³/mol. The lowest BCUT2D eigenvalue weighted by Gasteiger charge is -2.19. The lowest BCUT2D eigenvalue weighted by Crippen LogP contribution is -2.43. The third-order valence-electron chi connectivity index (χ3n) is 5.09. The topological polar surface area (TPSA) is 95.5 Å². The molecule has 0 saturated carbocycles. The Labute approximate surface area is 177 Å². The van der Waals surface area contributed by atoms with Crippen molar-refractivity contribution in [3.63, 3.8) is 0 Å². The van der Waals surface area contributed by atoms with Crippen molar-refractivity contribution >= 4 is 16.8 Å². The fourth-order valence-electron chi connectivity index (χ4n) is 3.49. The number of ether oxygens (including phenoxy) is 1. The highest BCUT2D eigenvalue weighted by Gasteiger charge is 2.22. The van der Waals surface area contributed by atoms with E-state index in [0.29, 0.717) is 28.1 Å². The van der Waals surface area contributed by atoms with Crippen LogP contribution in [-0.2, 0) is 11.3 Å². The van der Waals surface area contributed by atoms with Crippen molar-refractivity contribution in [2.24, 2.45) is 0 Å². The maximum Gasteiger partial charge on any atom is 0.336 e. The maximum absolute atomic E-state index is 13.5. The molecule has 2 aromatic carbocycles. The van der Waals surface area contributed by atoms with Crippen LogP contribution in [-0.4, -0.2) is 22.2 Å². The zero-order valence-corrected chi connectivity index (χ0v) is 17.1. The van der Waals surface area contributed by atoms with Gasteiger partial charge in [0.2, 0.25) is 5.91 Å². The first-order valence-corrected chi connectivity index (χ1v) is 9.72. The van der Waals surface area contributed by atoms with E-state index in [1.165, 1.54) is 17.9 Å². The van der Waals surface area contributed by atoms with Gasteiger partial charge in [0.25, 0.3) is 5.56 Å². The number of amides is 1. The second kappa shape index (κ2) is 8.35. The number of aromatic nitrogens is 2. The van der Waals surface area contributed by atoms with E-state index in [9.17, 15) is 14.4 Å². The average Bonchev–Trinajstić information content (AvgIpc) is 3.31. The van der Waals surface area contributed by atoms with Gasteiger partial charge in [-0.05, 0) is 43.3 Å². The largest absolute Gasteiger partial charge is 0.497 e. The SMILES string of the molecule is COc1cccc(-n2c(=O)c3ccccc3n(C(C)C(=O)NCc3ccco3)c2=O)c1. The Morgan fingerprint density at radius 3 is 2.65 bits per heavy atom. The molecule has 0 aliphatic rings. The van der Waals surface area contributed by atoms with Crippen LogP contribution in [0.3, 0.4) is 0 Å². The number of nitrogens with one attached hydrogen (secondary N) is 1. The smallest absolute Gasteiger partial charge is 0.336 e. The second-order valence-electron chi connectivity index (χ2n) is 6.98. The van der Waals surface area contributed by atoms with Crippen molar-refractivity contribution in [3.05, 3.63) is 93.5 Å². The number of hydrogen-bond donors (Lipinski definition) is 1. The van der Waals surface area contributed by atoms with E-state index in [1.807, 2.05) is 0 Å². The first kappa shape index (κ1) is 20.2. The Kier molecular flexibility index (Phi) is 5.44. The van der Waals surface area contributed by atoms with Crippen LogP contribution >= 0.6 is 0 Å². The number of para-hydroxylation sites is 1. The zero-order valence-electron chi connectivity index (χ0n) is 17.1. The molecule has 1 atom stereocenters. The van der Waals surface area contributed by atoms with Crippen molar-refractivity contribution in [1.82, 2.24) is 14.5 Å². The van der Waals surface area contributed by atoms with Crippen LogP contribution in [0.15, 0.2) is 80.9 Å². The summed E-state index contributed by atoms with van der Waals surface area (Å²) in [7, 11) is 1.51. The number of carbonyl (C=O) groups excluding carboxylic acids is 1. The summed E-state index contributed by atoms with van der Waals surface area (Å²) in [6.45, 7) is 1.81. The van der Waals surface area contributed by atoms with Gasteiger partial charge < -0.3 is 14.5 Å². The van der Waals surface area contributed by atoms with Crippen LogP contribution in [0.2, 0.25) is 0 Å². The minimum atomic E-state index is -0.871. The van der Waals surface area contributed by atoms with Gasteiger partial charge in [0.15, 0.2) is 0 Å². The lowest BCUT2D eigenvalue weighted by molar-refractivity contribution is -0.124. The van der Waals surface area contributed by atoms with E-state index in [-0.39, 0.29) is 12.5 Å². The molecule has 2 heterocycles. The molecular weight excluding hydrogens is 398 g/mol. The van der Waals surface area contributed by atoms with E-state index in [4.69, 9.17) is 9.15 Å². The number of nitrogens with zero attached hydrogens (tertiary/aromatic N) is 2. The molecule has 0 aliphatic carbocycles. The van der Waals surface area contributed by atoms with Gasteiger partial charge in [-0.1, -0.05) is 18.2 Å². The van der Waals surface area contributed by atoms with Gasteiger partial charge in [-0.3, -0.25) is 14.2 Å². The normalized spacial score (nSPS) is 11.9. The Morgan fingerprint density at radius 2 is 1.90 bits per heavy atom. The molecule has 1 unspecified atom stereocenters. The van der Waals surface area contributed by atoms with Crippen LogP contribution in [0, 0.1) is 0 Å². The van der Waals surface area contributed by atoms with Crippen molar-refractivity contribution in [2.45, 2.75) is 19.5 Å². The summed E-state index contributed by atoms with van der Waals surface area (Å²) in [5, 5.41) is 3.10. The van der Waals surface area contributed by atoms with E-state index in [2.05, 4.69) is 5.32 Å². The van der Waals surface area contributed by atoms with Gasteiger partial charge in [0, 0.05) is 6.07 Å². The maximum atomic E-state index is 13.5. The van der Waals surface area contributed by atoms with Crippen molar-refractivity contribution in [1.29, 1.82) is 0 Å². The molecule has 0 spiro atoms. The molecule has 1 amide bonds. The minimum Gasteiger partial charge on any atom is -0.497 e. The van der Waals surface area contributed by atoms with Gasteiger partial charge in [-0.25, -0.2) is 9.36 Å². The fraction of sp³-hybridized carbons (Fsp3) is 0.174. The first-order valence-electron chi connectivity index (χ1n) is 9.72. The van der Waals surface area contributed by atoms with Gasteiger partial charge in [-0.2, -0.15) is 0 Å². The van der Waals surface area contributed by atoms with Crippen molar-refractivity contribution < 1.29 is 13.9 Å². The molecule has 8 nitrogen and oxygen atoms in total. The minimum absolute atomic E-state index is 0.193. The van der Waals surface area contributed by atoms with Crippen LogP contribution in [0.1, 0.15) is 18.7 Å². The van der Waals surface area contributed by atoms with Gasteiger partial charge in [0.05, 0.1) is 36.5 Å². The molecule has 31 heavy (non-hydrogen) atoms. The molecule has 0 saturated heterocycles. The third-order valence-corrected chi connectivity index (χ3v) is 5.09. The number of benzene rings is 2. The Hall–Kier alpha value is -4.07. The van der Waals surface area contributed by atoms with Crippen LogP contribution < -0.4 is 21.3 Å². The van der Waals surface area contributed by atoms with Crippen molar-refractivity contribution in [3.8, 4) is 11.4 Å². The molecular formula is C23H21N3O5. The standard InChI is InChI=1S/C23H21N3O5/c1-15(21(27)24-14-18-9-6-12-31-18)25-20-11-4-3-10-19(20)22(28)26(23(25)29)16-7-5-8-17(13-16)30-2/h3-13,15H,14H2,1-2H3,(H,24,27). The quantitative estimate of drug-likeness (QED) is 0.518. The molecule has 0 fully saturated rings. The summed E-state index contributed by atoms with van der Waals surface area (Å²) < 4.78 is 12.9. The first-order chi connectivity index (χ1) is 15.0. The summed E-state index contributed by atoms with van der Waals surface area (Å²) in [6.07, 6.45) is 1.52.